The average Bonchev–Trinajstić information content (AvgIpc) is 2.55. The van der Waals surface area contributed by atoms with Gasteiger partial charge >= 0.3 is 0 Å². The third-order valence-electron chi connectivity index (χ3n) is 3.87. The lowest BCUT2D eigenvalue weighted by Gasteiger charge is -2.24. The summed E-state index contributed by atoms with van der Waals surface area (Å²) >= 11 is 0. The van der Waals surface area contributed by atoms with E-state index in [1.54, 1.807) is 12.1 Å². The van der Waals surface area contributed by atoms with Crippen molar-refractivity contribution < 1.29 is 19.0 Å². The molecule has 23 heavy (non-hydrogen) atoms. The van der Waals surface area contributed by atoms with E-state index in [0.717, 1.165) is 0 Å². The van der Waals surface area contributed by atoms with Gasteiger partial charge in [0.25, 0.3) is 0 Å². The molecule has 0 radical (unpaired) electrons. The standard InChI is InChI=1S/C17H26FNO3.ClH/c18-14-6-8-17(9-7-14)22-11-10-21-13-16(20)12-19-15-4-2-1-3-5-15;/h6-9,15-16,19-20H,1-5,10-13H2;1H/t16-;/m0./s1. The second-order valence-corrected chi connectivity index (χ2v) is 5.77. The highest BCUT2D eigenvalue weighted by molar-refractivity contribution is 5.85. The van der Waals surface area contributed by atoms with Gasteiger partial charge in [-0.15, -0.1) is 12.4 Å². The van der Waals surface area contributed by atoms with Crippen LogP contribution < -0.4 is 10.1 Å². The third kappa shape index (κ3) is 8.51. The van der Waals surface area contributed by atoms with Gasteiger partial charge in [0.15, 0.2) is 0 Å². The summed E-state index contributed by atoms with van der Waals surface area (Å²) in [5.41, 5.74) is 0. The number of hydrogen-bond donors (Lipinski definition) is 2. The molecule has 1 aliphatic carbocycles. The fourth-order valence-corrected chi connectivity index (χ4v) is 2.64. The first-order valence-corrected chi connectivity index (χ1v) is 8.11. The summed E-state index contributed by atoms with van der Waals surface area (Å²) < 4.78 is 23.5. The number of rotatable bonds is 9. The molecule has 0 aliphatic heterocycles. The zero-order chi connectivity index (χ0) is 15.6. The van der Waals surface area contributed by atoms with E-state index in [2.05, 4.69) is 5.32 Å². The van der Waals surface area contributed by atoms with Gasteiger partial charge < -0.3 is 19.9 Å². The van der Waals surface area contributed by atoms with Crippen LogP contribution in [0.5, 0.6) is 5.75 Å². The van der Waals surface area contributed by atoms with Crippen LogP contribution in [0, 0.1) is 5.82 Å². The number of aliphatic hydroxyl groups is 1. The molecule has 2 N–H and O–H groups in total. The van der Waals surface area contributed by atoms with Gasteiger partial charge in [-0.25, -0.2) is 4.39 Å². The van der Waals surface area contributed by atoms with Crippen LogP contribution in [0.1, 0.15) is 32.1 Å². The monoisotopic (exact) mass is 347 g/mol. The van der Waals surface area contributed by atoms with Crippen LogP contribution in [0.3, 0.4) is 0 Å². The van der Waals surface area contributed by atoms with Crippen LogP contribution in [0.15, 0.2) is 24.3 Å². The lowest BCUT2D eigenvalue weighted by atomic mass is 9.95. The van der Waals surface area contributed by atoms with E-state index in [4.69, 9.17) is 9.47 Å². The summed E-state index contributed by atoms with van der Waals surface area (Å²) in [6, 6.07) is 6.43. The van der Waals surface area contributed by atoms with Crippen molar-refractivity contribution in [2.45, 2.75) is 44.2 Å². The first-order valence-electron chi connectivity index (χ1n) is 8.11. The highest BCUT2D eigenvalue weighted by atomic mass is 35.5. The molecule has 0 spiro atoms. The van der Waals surface area contributed by atoms with E-state index < -0.39 is 6.10 Å². The van der Waals surface area contributed by atoms with Crippen molar-refractivity contribution >= 4 is 12.4 Å². The molecule has 1 fully saturated rings. The summed E-state index contributed by atoms with van der Waals surface area (Å²) in [5.74, 6) is 0.335. The van der Waals surface area contributed by atoms with Crippen molar-refractivity contribution in [2.75, 3.05) is 26.4 Å². The van der Waals surface area contributed by atoms with Gasteiger partial charge in [-0.3, -0.25) is 0 Å². The van der Waals surface area contributed by atoms with Crippen molar-refractivity contribution in [3.8, 4) is 5.75 Å². The Hall–Kier alpha value is -0.880. The van der Waals surface area contributed by atoms with Crippen LogP contribution >= 0.6 is 12.4 Å². The molecule has 1 aliphatic rings. The van der Waals surface area contributed by atoms with Crippen LogP contribution in [-0.2, 0) is 4.74 Å². The molecule has 1 saturated carbocycles. The molecular formula is C17H27ClFNO3. The number of hydrogen-bond acceptors (Lipinski definition) is 4. The first kappa shape index (κ1) is 20.2. The van der Waals surface area contributed by atoms with E-state index >= 15 is 0 Å². The van der Waals surface area contributed by atoms with E-state index in [1.165, 1.54) is 44.2 Å². The lowest BCUT2D eigenvalue weighted by molar-refractivity contribution is 0.0235. The number of benzene rings is 1. The lowest BCUT2D eigenvalue weighted by Crippen LogP contribution is -2.38. The fraction of sp³-hybridized carbons (Fsp3) is 0.647. The Bertz CT molecular complexity index is 413. The summed E-state index contributed by atoms with van der Waals surface area (Å²) in [6.07, 6.45) is 5.82. The Morgan fingerprint density at radius 2 is 1.83 bits per heavy atom. The topological polar surface area (TPSA) is 50.7 Å². The van der Waals surface area contributed by atoms with Gasteiger partial charge in [-0.05, 0) is 37.1 Å². The maximum Gasteiger partial charge on any atom is 0.123 e. The Morgan fingerprint density at radius 3 is 2.52 bits per heavy atom. The molecule has 0 heterocycles. The largest absolute Gasteiger partial charge is 0.491 e. The number of aliphatic hydroxyl groups excluding tert-OH is 1. The Balaban J connectivity index is 0.00000264. The second-order valence-electron chi connectivity index (χ2n) is 5.77. The zero-order valence-corrected chi connectivity index (χ0v) is 14.2. The maximum atomic E-state index is 12.7. The molecule has 4 nitrogen and oxygen atoms in total. The van der Waals surface area contributed by atoms with Gasteiger partial charge in [0, 0.05) is 12.6 Å². The van der Waals surface area contributed by atoms with Crippen molar-refractivity contribution in [1.29, 1.82) is 0 Å². The van der Waals surface area contributed by atoms with Crippen molar-refractivity contribution in [1.82, 2.24) is 5.32 Å². The zero-order valence-electron chi connectivity index (χ0n) is 13.4. The highest BCUT2D eigenvalue weighted by Crippen LogP contribution is 2.17. The normalized spacial score (nSPS) is 16.6. The van der Waals surface area contributed by atoms with E-state index in [0.29, 0.717) is 38.2 Å². The smallest absolute Gasteiger partial charge is 0.123 e. The van der Waals surface area contributed by atoms with Gasteiger partial charge in [-0.1, -0.05) is 19.3 Å². The van der Waals surface area contributed by atoms with E-state index in [9.17, 15) is 9.50 Å². The Morgan fingerprint density at radius 1 is 1.13 bits per heavy atom. The summed E-state index contributed by atoms with van der Waals surface area (Å²) in [4.78, 5) is 0. The minimum atomic E-state index is -0.493. The minimum absolute atomic E-state index is 0. The van der Waals surface area contributed by atoms with Crippen LogP contribution in [0.4, 0.5) is 4.39 Å². The van der Waals surface area contributed by atoms with Crippen molar-refractivity contribution in [3.63, 3.8) is 0 Å². The molecule has 1 atom stereocenters. The third-order valence-corrected chi connectivity index (χ3v) is 3.87. The van der Waals surface area contributed by atoms with Gasteiger partial charge in [0.2, 0.25) is 0 Å². The molecule has 0 amide bonds. The molecule has 132 valence electrons. The average molecular weight is 348 g/mol. The molecule has 0 unspecified atom stereocenters. The molecule has 1 aromatic rings. The maximum absolute atomic E-state index is 12.7. The van der Waals surface area contributed by atoms with Gasteiger partial charge in [0.1, 0.15) is 18.2 Å². The SMILES string of the molecule is Cl.O[C@@H](CNC1CCCCC1)COCCOc1ccc(F)cc1. The molecular weight excluding hydrogens is 321 g/mol. The molecule has 2 rings (SSSR count). The Kier molecular flexibility index (Phi) is 10.2. The minimum Gasteiger partial charge on any atom is -0.491 e. The second kappa shape index (κ2) is 11.6. The summed E-state index contributed by atoms with van der Waals surface area (Å²) in [6.45, 7) is 1.66. The summed E-state index contributed by atoms with van der Waals surface area (Å²) in [7, 11) is 0. The molecule has 1 aromatic carbocycles. The highest BCUT2D eigenvalue weighted by Gasteiger charge is 2.14. The number of nitrogens with one attached hydrogen (secondary N) is 1. The number of halogens is 2. The van der Waals surface area contributed by atoms with Gasteiger partial charge in [0.05, 0.1) is 19.3 Å². The summed E-state index contributed by atoms with van der Waals surface area (Å²) in [5, 5.41) is 13.3. The first-order chi connectivity index (χ1) is 10.7. The number of ether oxygens (including phenoxy) is 2. The molecule has 0 bridgehead atoms. The molecule has 6 heteroatoms. The van der Waals surface area contributed by atoms with Crippen molar-refractivity contribution in [3.05, 3.63) is 30.1 Å². The van der Waals surface area contributed by atoms with Crippen LogP contribution in [-0.4, -0.2) is 43.6 Å². The Labute approximate surface area is 143 Å². The predicted molar refractivity (Wildman–Crippen MR) is 90.8 cm³/mol. The quantitative estimate of drug-likeness (QED) is 0.674. The predicted octanol–water partition coefficient (Wildman–Crippen LogP) is 2.93. The van der Waals surface area contributed by atoms with Crippen molar-refractivity contribution in [2.24, 2.45) is 0 Å². The van der Waals surface area contributed by atoms with Crippen LogP contribution in [0.2, 0.25) is 0 Å². The van der Waals surface area contributed by atoms with E-state index in [1.807, 2.05) is 0 Å². The van der Waals surface area contributed by atoms with E-state index in [-0.39, 0.29) is 18.2 Å². The molecule has 0 saturated heterocycles. The fourth-order valence-electron chi connectivity index (χ4n) is 2.64. The molecule has 0 aromatic heterocycles. The van der Waals surface area contributed by atoms with Crippen LogP contribution in [0.25, 0.3) is 0 Å². The van der Waals surface area contributed by atoms with Gasteiger partial charge in [-0.2, -0.15) is 0 Å².